The molecule has 0 unspecified atom stereocenters. The lowest BCUT2D eigenvalue weighted by Gasteiger charge is -2.11. The van der Waals surface area contributed by atoms with Crippen molar-refractivity contribution in [2.45, 2.75) is 6.92 Å². The monoisotopic (exact) mass is 331 g/mol. The van der Waals surface area contributed by atoms with Crippen LogP contribution >= 0.6 is 15.9 Å². The van der Waals surface area contributed by atoms with Gasteiger partial charge >= 0.3 is 0 Å². The molecule has 3 nitrogen and oxygen atoms in total. The Morgan fingerprint density at radius 3 is 2.80 bits per heavy atom. The Kier molecular flexibility index (Phi) is 4.65. The van der Waals surface area contributed by atoms with Crippen LogP contribution in [0.1, 0.15) is 6.92 Å². The predicted octanol–water partition coefficient (Wildman–Crippen LogP) is 3.22. The minimum atomic E-state index is -0.0343. The van der Waals surface area contributed by atoms with Crippen molar-refractivity contribution in [3.05, 3.63) is 51.2 Å². The molecule has 2 rings (SSSR count). The highest BCUT2D eigenvalue weighted by Gasteiger charge is 2.08. The fraction of sp³-hybridized carbons (Fsp3) is 0.188. The Morgan fingerprint density at radius 1 is 1.30 bits per heavy atom. The SMILES string of the molecule is CC#CCOc1ccc(-c2cccc(=O)n2C)c(Br)c1. The number of rotatable bonds is 3. The van der Waals surface area contributed by atoms with Gasteiger partial charge in [0.15, 0.2) is 0 Å². The minimum Gasteiger partial charge on any atom is -0.481 e. The first-order valence-electron chi connectivity index (χ1n) is 6.12. The maximum atomic E-state index is 11.7. The Morgan fingerprint density at radius 2 is 2.10 bits per heavy atom. The van der Waals surface area contributed by atoms with Crippen molar-refractivity contribution in [1.82, 2.24) is 4.57 Å². The second-order valence-corrected chi connectivity index (χ2v) is 5.02. The van der Waals surface area contributed by atoms with Crippen LogP contribution in [0.5, 0.6) is 5.75 Å². The van der Waals surface area contributed by atoms with E-state index in [-0.39, 0.29) is 5.56 Å². The third-order valence-electron chi connectivity index (χ3n) is 2.89. The van der Waals surface area contributed by atoms with Gasteiger partial charge in [-0.05, 0) is 47.1 Å². The average Bonchev–Trinajstić information content (AvgIpc) is 2.43. The molecule has 0 N–H and O–H groups in total. The van der Waals surface area contributed by atoms with Crippen LogP contribution in [0.15, 0.2) is 45.7 Å². The van der Waals surface area contributed by atoms with Gasteiger partial charge in [-0.25, -0.2) is 0 Å². The van der Waals surface area contributed by atoms with E-state index in [2.05, 4.69) is 27.8 Å². The maximum absolute atomic E-state index is 11.7. The zero-order valence-electron chi connectivity index (χ0n) is 11.3. The summed E-state index contributed by atoms with van der Waals surface area (Å²) in [5, 5.41) is 0. The van der Waals surface area contributed by atoms with Crippen molar-refractivity contribution in [3.63, 3.8) is 0 Å². The summed E-state index contributed by atoms with van der Waals surface area (Å²) in [7, 11) is 1.76. The molecule has 0 bridgehead atoms. The summed E-state index contributed by atoms with van der Waals surface area (Å²) in [6, 6.07) is 10.9. The molecular weight excluding hydrogens is 318 g/mol. The Labute approximate surface area is 126 Å². The molecule has 4 heteroatoms. The number of nitrogens with zero attached hydrogens (tertiary/aromatic N) is 1. The second-order valence-electron chi connectivity index (χ2n) is 4.17. The molecule has 0 atom stereocenters. The topological polar surface area (TPSA) is 31.2 Å². The zero-order valence-corrected chi connectivity index (χ0v) is 12.9. The van der Waals surface area contributed by atoms with Crippen molar-refractivity contribution >= 4 is 15.9 Å². The number of aromatic nitrogens is 1. The Balaban J connectivity index is 2.36. The van der Waals surface area contributed by atoms with Crippen molar-refractivity contribution in [2.24, 2.45) is 7.05 Å². The first kappa shape index (κ1) is 14.4. The molecule has 1 aromatic heterocycles. The molecule has 20 heavy (non-hydrogen) atoms. The van der Waals surface area contributed by atoms with Crippen LogP contribution in [0.25, 0.3) is 11.3 Å². The third-order valence-corrected chi connectivity index (χ3v) is 3.55. The summed E-state index contributed by atoms with van der Waals surface area (Å²) in [5.41, 5.74) is 1.76. The van der Waals surface area contributed by atoms with Gasteiger partial charge in [0.25, 0.3) is 5.56 Å². The van der Waals surface area contributed by atoms with Gasteiger partial charge in [-0.15, -0.1) is 5.92 Å². The van der Waals surface area contributed by atoms with Crippen LogP contribution in [0, 0.1) is 11.8 Å². The van der Waals surface area contributed by atoms with Gasteiger partial charge < -0.3 is 9.30 Å². The molecule has 2 aromatic rings. The lowest BCUT2D eigenvalue weighted by Crippen LogP contribution is -2.16. The zero-order chi connectivity index (χ0) is 14.5. The van der Waals surface area contributed by atoms with Crippen LogP contribution in [0.4, 0.5) is 0 Å². The standard InChI is InChI=1S/C16H14BrNO2/c1-3-4-10-20-12-8-9-13(14(17)11-12)15-6-5-7-16(19)18(15)2/h5-9,11H,10H2,1-2H3. The smallest absolute Gasteiger partial charge is 0.250 e. The summed E-state index contributed by atoms with van der Waals surface area (Å²) in [6.07, 6.45) is 0. The van der Waals surface area contributed by atoms with Crippen molar-refractivity contribution in [3.8, 4) is 28.8 Å². The van der Waals surface area contributed by atoms with E-state index in [1.807, 2.05) is 24.3 Å². The van der Waals surface area contributed by atoms with E-state index >= 15 is 0 Å². The molecule has 0 aliphatic heterocycles. The lowest BCUT2D eigenvalue weighted by molar-refractivity contribution is 0.370. The average molecular weight is 332 g/mol. The number of halogens is 1. The largest absolute Gasteiger partial charge is 0.481 e. The van der Waals surface area contributed by atoms with Crippen LogP contribution < -0.4 is 10.3 Å². The van der Waals surface area contributed by atoms with Gasteiger partial charge in [0.05, 0.1) is 5.69 Å². The first-order chi connectivity index (χ1) is 9.63. The lowest BCUT2D eigenvalue weighted by atomic mass is 10.1. The van der Waals surface area contributed by atoms with Gasteiger partial charge in [0.2, 0.25) is 0 Å². The van der Waals surface area contributed by atoms with E-state index in [4.69, 9.17) is 4.74 Å². The molecule has 0 spiro atoms. The summed E-state index contributed by atoms with van der Waals surface area (Å²) >= 11 is 3.52. The van der Waals surface area contributed by atoms with Crippen LogP contribution in [-0.4, -0.2) is 11.2 Å². The van der Waals surface area contributed by atoms with Crippen LogP contribution in [-0.2, 0) is 7.05 Å². The number of pyridine rings is 1. The number of hydrogen-bond acceptors (Lipinski definition) is 2. The van der Waals surface area contributed by atoms with Crippen molar-refractivity contribution in [2.75, 3.05) is 6.61 Å². The molecule has 0 aliphatic rings. The molecule has 1 aromatic carbocycles. The molecule has 0 saturated carbocycles. The van der Waals surface area contributed by atoms with Crippen LogP contribution in [0.2, 0.25) is 0 Å². The highest BCUT2D eigenvalue weighted by molar-refractivity contribution is 9.10. The molecule has 102 valence electrons. The Hall–Kier alpha value is -1.99. The summed E-state index contributed by atoms with van der Waals surface area (Å²) in [6.45, 7) is 2.14. The van der Waals surface area contributed by atoms with Gasteiger partial charge in [-0.2, -0.15) is 0 Å². The van der Waals surface area contributed by atoms with Crippen molar-refractivity contribution < 1.29 is 4.74 Å². The Bertz CT molecular complexity index is 738. The summed E-state index contributed by atoms with van der Waals surface area (Å²) < 4.78 is 7.99. The van der Waals surface area contributed by atoms with E-state index in [9.17, 15) is 4.79 Å². The second kappa shape index (κ2) is 6.44. The predicted molar refractivity (Wildman–Crippen MR) is 83.8 cm³/mol. The molecule has 0 fully saturated rings. The number of hydrogen-bond donors (Lipinski definition) is 0. The van der Waals surface area contributed by atoms with E-state index in [0.29, 0.717) is 6.61 Å². The summed E-state index contributed by atoms with van der Waals surface area (Å²) in [5.74, 6) is 6.36. The van der Waals surface area contributed by atoms with Crippen LogP contribution in [0.3, 0.4) is 0 Å². The first-order valence-corrected chi connectivity index (χ1v) is 6.91. The quantitative estimate of drug-likeness (QED) is 0.808. The number of ether oxygens (including phenoxy) is 1. The van der Waals surface area contributed by atoms with Gasteiger partial charge in [-0.3, -0.25) is 4.79 Å². The summed E-state index contributed by atoms with van der Waals surface area (Å²) in [4.78, 5) is 11.7. The highest BCUT2D eigenvalue weighted by Crippen LogP contribution is 2.30. The van der Waals surface area contributed by atoms with E-state index < -0.39 is 0 Å². The maximum Gasteiger partial charge on any atom is 0.250 e. The van der Waals surface area contributed by atoms with E-state index in [0.717, 1.165) is 21.5 Å². The van der Waals surface area contributed by atoms with E-state index in [1.165, 1.54) is 6.07 Å². The fourth-order valence-corrected chi connectivity index (χ4v) is 2.38. The highest BCUT2D eigenvalue weighted by atomic mass is 79.9. The van der Waals surface area contributed by atoms with Gasteiger partial charge in [0.1, 0.15) is 12.4 Å². The van der Waals surface area contributed by atoms with Crippen molar-refractivity contribution in [1.29, 1.82) is 0 Å². The molecule has 0 radical (unpaired) electrons. The molecule has 0 aliphatic carbocycles. The molecule has 1 heterocycles. The van der Waals surface area contributed by atoms with Gasteiger partial charge in [-0.1, -0.05) is 12.0 Å². The fourth-order valence-electron chi connectivity index (χ4n) is 1.82. The van der Waals surface area contributed by atoms with E-state index in [1.54, 1.807) is 24.6 Å². The molecular formula is C16H14BrNO2. The third kappa shape index (κ3) is 3.12. The molecule has 0 amide bonds. The van der Waals surface area contributed by atoms with Gasteiger partial charge in [0, 0.05) is 23.2 Å². The molecule has 0 saturated heterocycles. The minimum absolute atomic E-state index is 0.0343. The number of benzene rings is 1. The normalized spacial score (nSPS) is 9.75.